The summed E-state index contributed by atoms with van der Waals surface area (Å²) in [6, 6.07) is 7.31. The minimum Gasteiger partial charge on any atom is -0.309 e. The van der Waals surface area contributed by atoms with Crippen molar-refractivity contribution in [3.63, 3.8) is 0 Å². The van der Waals surface area contributed by atoms with Crippen molar-refractivity contribution >= 4 is 22.5 Å². The van der Waals surface area contributed by atoms with Crippen LogP contribution in [0.1, 0.15) is 12.7 Å². The summed E-state index contributed by atoms with van der Waals surface area (Å²) in [4.78, 5) is 21.3. The van der Waals surface area contributed by atoms with E-state index in [1.165, 1.54) is 0 Å². The lowest BCUT2D eigenvalue weighted by atomic mass is 10.2. The minimum absolute atomic E-state index is 0.110. The van der Waals surface area contributed by atoms with Crippen molar-refractivity contribution in [1.82, 2.24) is 14.9 Å². The molecule has 0 saturated heterocycles. The first kappa shape index (κ1) is 13.8. The first-order valence-electron chi connectivity index (χ1n) is 6.13. The zero-order chi connectivity index (χ0) is 13.8. The molecule has 0 aliphatic rings. The number of nitrogens with zero attached hydrogens (tertiary/aromatic N) is 2. The fraction of sp³-hybridized carbons (Fsp3) is 0.286. The van der Waals surface area contributed by atoms with Crippen molar-refractivity contribution in [2.24, 2.45) is 0 Å². The van der Waals surface area contributed by atoms with E-state index in [1.807, 2.05) is 25.1 Å². The third kappa shape index (κ3) is 3.43. The molecule has 2 rings (SSSR count). The Morgan fingerprint density at radius 3 is 2.89 bits per heavy atom. The topological polar surface area (TPSA) is 49.0 Å². The summed E-state index contributed by atoms with van der Waals surface area (Å²) in [5, 5.41) is 1.18. The summed E-state index contributed by atoms with van der Waals surface area (Å²) in [5.41, 5.74) is 0.600. The van der Waals surface area contributed by atoms with Crippen LogP contribution in [0.15, 0.2) is 40.7 Å². The summed E-state index contributed by atoms with van der Waals surface area (Å²) >= 11 is 5.82. The van der Waals surface area contributed by atoms with Gasteiger partial charge in [-0.15, -0.1) is 0 Å². The molecule has 0 unspecified atom stereocenters. The molecular weight excluding hydrogens is 262 g/mol. The molecule has 2 aromatic rings. The van der Waals surface area contributed by atoms with Gasteiger partial charge in [0, 0.05) is 11.6 Å². The molecule has 1 heterocycles. The molecule has 0 fully saturated rings. The molecule has 1 aromatic heterocycles. The van der Waals surface area contributed by atoms with Crippen LogP contribution in [0.3, 0.4) is 0 Å². The van der Waals surface area contributed by atoms with E-state index in [-0.39, 0.29) is 5.56 Å². The number of para-hydroxylation sites is 1. The first-order valence-corrected chi connectivity index (χ1v) is 6.51. The number of fused-ring (bicyclic) bond motifs is 1. The van der Waals surface area contributed by atoms with Gasteiger partial charge in [0.05, 0.1) is 17.4 Å². The molecule has 1 aromatic carbocycles. The largest absolute Gasteiger partial charge is 0.309 e. The maximum atomic E-state index is 11.9. The number of H-pyrrole nitrogens is 1. The number of hydrogen-bond acceptors (Lipinski definition) is 3. The van der Waals surface area contributed by atoms with E-state index >= 15 is 0 Å². The van der Waals surface area contributed by atoms with E-state index in [4.69, 9.17) is 11.6 Å². The lowest BCUT2D eigenvalue weighted by molar-refractivity contribution is 0.301. The third-order valence-corrected chi connectivity index (χ3v) is 3.00. The average Bonchev–Trinajstić information content (AvgIpc) is 2.37. The zero-order valence-electron chi connectivity index (χ0n) is 10.8. The van der Waals surface area contributed by atoms with Crippen LogP contribution in [-0.2, 0) is 6.54 Å². The quantitative estimate of drug-likeness (QED) is 0.913. The number of halogens is 1. The summed E-state index contributed by atoms with van der Waals surface area (Å²) in [6.45, 7) is 7.64. The van der Waals surface area contributed by atoms with Crippen LogP contribution in [0.25, 0.3) is 10.9 Å². The Morgan fingerprint density at radius 2 is 2.21 bits per heavy atom. The molecule has 0 spiro atoms. The number of nitrogens with one attached hydrogen (secondary N) is 1. The fourth-order valence-corrected chi connectivity index (χ4v) is 2.11. The number of aromatic amines is 1. The van der Waals surface area contributed by atoms with Crippen LogP contribution in [0.4, 0.5) is 0 Å². The van der Waals surface area contributed by atoms with E-state index in [0.29, 0.717) is 34.8 Å². The molecular formula is C14H16ClN3O. The molecule has 0 bridgehead atoms. The molecule has 0 aliphatic carbocycles. The first-order chi connectivity index (χ1) is 9.10. The van der Waals surface area contributed by atoms with Crippen LogP contribution >= 0.6 is 11.6 Å². The number of rotatable bonds is 5. The molecule has 0 amide bonds. The number of benzene rings is 1. The second-order valence-electron chi connectivity index (χ2n) is 4.35. The van der Waals surface area contributed by atoms with Crippen LogP contribution in [0.5, 0.6) is 0 Å². The van der Waals surface area contributed by atoms with Crippen molar-refractivity contribution in [2.45, 2.75) is 13.5 Å². The van der Waals surface area contributed by atoms with Gasteiger partial charge in [0.1, 0.15) is 5.82 Å². The lowest BCUT2D eigenvalue weighted by Gasteiger charge is -2.18. The van der Waals surface area contributed by atoms with Gasteiger partial charge in [0.2, 0.25) is 0 Å². The maximum absolute atomic E-state index is 11.9. The van der Waals surface area contributed by atoms with E-state index in [9.17, 15) is 4.79 Å². The van der Waals surface area contributed by atoms with Gasteiger partial charge in [0.15, 0.2) is 0 Å². The van der Waals surface area contributed by atoms with Crippen molar-refractivity contribution in [3.8, 4) is 0 Å². The monoisotopic (exact) mass is 277 g/mol. The second-order valence-corrected chi connectivity index (χ2v) is 4.88. The highest BCUT2D eigenvalue weighted by Gasteiger charge is 2.08. The van der Waals surface area contributed by atoms with Gasteiger partial charge < -0.3 is 4.98 Å². The van der Waals surface area contributed by atoms with Gasteiger partial charge in [-0.1, -0.05) is 37.2 Å². The van der Waals surface area contributed by atoms with Crippen LogP contribution in [-0.4, -0.2) is 28.0 Å². The molecule has 0 saturated carbocycles. The Hall–Kier alpha value is -1.65. The van der Waals surface area contributed by atoms with Crippen molar-refractivity contribution in [2.75, 3.05) is 13.1 Å². The summed E-state index contributed by atoms with van der Waals surface area (Å²) in [5.74, 6) is 0.642. The van der Waals surface area contributed by atoms with Gasteiger partial charge in [0.25, 0.3) is 5.56 Å². The average molecular weight is 278 g/mol. The number of aromatic nitrogens is 2. The molecule has 1 N–H and O–H groups in total. The molecule has 0 aliphatic heterocycles. The van der Waals surface area contributed by atoms with Gasteiger partial charge in [-0.05, 0) is 18.7 Å². The Kier molecular flexibility index (Phi) is 4.35. The van der Waals surface area contributed by atoms with Crippen LogP contribution < -0.4 is 5.56 Å². The minimum atomic E-state index is -0.110. The molecule has 5 heteroatoms. The lowest BCUT2D eigenvalue weighted by Crippen LogP contribution is -2.26. The SMILES string of the molecule is C=C(Cl)CN(CC)Cc1nc2ccccc2c(=O)[nH]1. The van der Waals surface area contributed by atoms with Crippen LogP contribution in [0.2, 0.25) is 0 Å². The molecule has 4 nitrogen and oxygen atoms in total. The predicted octanol–water partition coefficient (Wildman–Crippen LogP) is 2.50. The van der Waals surface area contributed by atoms with E-state index < -0.39 is 0 Å². The van der Waals surface area contributed by atoms with Gasteiger partial charge >= 0.3 is 0 Å². The number of hydrogen-bond donors (Lipinski definition) is 1. The fourth-order valence-electron chi connectivity index (χ4n) is 1.94. The molecule has 100 valence electrons. The zero-order valence-corrected chi connectivity index (χ0v) is 11.6. The second kappa shape index (κ2) is 5.99. The maximum Gasteiger partial charge on any atom is 0.258 e. The van der Waals surface area contributed by atoms with E-state index in [2.05, 4.69) is 21.4 Å². The molecule has 19 heavy (non-hydrogen) atoms. The summed E-state index contributed by atoms with van der Waals surface area (Å²) < 4.78 is 0. The van der Waals surface area contributed by atoms with E-state index in [0.717, 1.165) is 6.54 Å². The highest BCUT2D eigenvalue weighted by Crippen LogP contribution is 2.08. The smallest absolute Gasteiger partial charge is 0.258 e. The van der Waals surface area contributed by atoms with Gasteiger partial charge in [-0.2, -0.15) is 0 Å². The Bertz CT molecular complexity index is 650. The Labute approximate surface area is 116 Å². The summed E-state index contributed by atoms with van der Waals surface area (Å²) in [7, 11) is 0. The normalized spacial score (nSPS) is 11.1. The molecule has 0 atom stereocenters. The van der Waals surface area contributed by atoms with E-state index in [1.54, 1.807) is 6.07 Å². The van der Waals surface area contributed by atoms with Crippen molar-refractivity contribution in [3.05, 3.63) is 52.1 Å². The third-order valence-electron chi connectivity index (χ3n) is 2.88. The van der Waals surface area contributed by atoms with Crippen molar-refractivity contribution < 1.29 is 0 Å². The standard InChI is InChI=1S/C14H16ClN3O/c1-3-18(8-10(2)15)9-13-16-12-7-5-4-6-11(12)14(19)17-13/h4-7H,2-3,8-9H2,1H3,(H,16,17,19). The Balaban J connectivity index is 2.30. The van der Waals surface area contributed by atoms with Gasteiger partial charge in [-0.25, -0.2) is 4.98 Å². The Morgan fingerprint density at radius 1 is 1.47 bits per heavy atom. The highest BCUT2D eigenvalue weighted by molar-refractivity contribution is 6.29. The number of likely N-dealkylation sites (N-methyl/N-ethyl adjacent to an activating group) is 1. The van der Waals surface area contributed by atoms with Crippen LogP contribution in [0, 0.1) is 0 Å². The predicted molar refractivity (Wildman–Crippen MR) is 78.3 cm³/mol. The van der Waals surface area contributed by atoms with Gasteiger partial charge in [-0.3, -0.25) is 9.69 Å². The highest BCUT2D eigenvalue weighted by atomic mass is 35.5. The molecule has 0 radical (unpaired) electrons. The summed E-state index contributed by atoms with van der Waals surface area (Å²) in [6.07, 6.45) is 0. The van der Waals surface area contributed by atoms with Crippen molar-refractivity contribution in [1.29, 1.82) is 0 Å².